The van der Waals surface area contributed by atoms with Crippen LogP contribution in [0, 0.1) is 0 Å². The molecule has 2 aliphatic heterocycles. The number of ether oxygens (including phenoxy) is 3. The molecule has 0 radical (unpaired) electrons. The van der Waals surface area contributed by atoms with Crippen LogP contribution in [-0.4, -0.2) is 98.7 Å². The first-order chi connectivity index (χ1) is 17.0. The molecule has 0 bridgehead atoms. The van der Waals surface area contributed by atoms with Crippen LogP contribution in [0.4, 0.5) is 5.69 Å². The fourth-order valence-corrected chi connectivity index (χ4v) is 5.03. The molecule has 0 amide bonds. The molecular formula is C25H32N4O5S. The minimum Gasteiger partial charge on any atom is -0.466 e. The first-order valence-corrected chi connectivity index (χ1v) is 12.5. The van der Waals surface area contributed by atoms with E-state index in [0.29, 0.717) is 6.61 Å². The molecule has 1 unspecified atom stereocenters. The Morgan fingerprint density at radius 1 is 1.06 bits per heavy atom. The van der Waals surface area contributed by atoms with Crippen molar-refractivity contribution >= 4 is 29.3 Å². The van der Waals surface area contributed by atoms with Crippen molar-refractivity contribution in [3.05, 3.63) is 54.1 Å². The number of hydrogen-bond donors (Lipinski definition) is 2. The Morgan fingerprint density at radius 2 is 1.77 bits per heavy atom. The summed E-state index contributed by atoms with van der Waals surface area (Å²) in [5.41, 5.74) is 6.03. The Kier molecular flexibility index (Phi) is 8.77. The molecule has 9 nitrogen and oxygen atoms in total. The van der Waals surface area contributed by atoms with Crippen molar-refractivity contribution in [3.63, 3.8) is 0 Å². The van der Waals surface area contributed by atoms with Crippen LogP contribution in [0.25, 0.3) is 0 Å². The molecule has 2 aromatic rings. The number of hydrogen-bond acceptors (Lipinski definition) is 10. The zero-order chi connectivity index (χ0) is 24.7. The second kappa shape index (κ2) is 12.0. The maximum absolute atomic E-state index is 11.6. The molecule has 0 aromatic heterocycles. The zero-order valence-corrected chi connectivity index (χ0v) is 20.7. The number of nitrogens with two attached hydrogens (primary N) is 1. The highest BCUT2D eigenvalue weighted by Gasteiger charge is 2.35. The number of esters is 1. The zero-order valence-electron chi connectivity index (χ0n) is 19.9. The molecule has 3 N–H and O–H groups in total. The lowest BCUT2D eigenvalue weighted by Gasteiger charge is -2.36. The fourth-order valence-electron chi connectivity index (χ4n) is 4.01. The van der Waals surface area contributed by atoms with E-state index in [4.69, 9.17) is 20.2 Å². The smallest absolute Gasteiger partial charge is 0.355 e. The quantitative estimate of drug-likeness (QED) is 0.302. The van der Waals surface area contributed by atoms with E-state index >= 15 is 0 Å². The number of aliphatic imine (C=N–C) groups is 1. The van der Waals surface area contributed by atoms with Gasteiger partial charge in [0.25, 0.3) is 0 Å². The van der Waals surface area contributed by atoms with E-state index in [1.54, 1.807) is 11.8 Å². The molecule has 1 atom stereocenters. The molecular weight excluding hydrogens is 468 g/mol. The lowest BCUT2D eigenvalue weighted by Crippen LogP contribution is -2.54. The minimum absolute atomic E-state index is 0.0820. The van der Waals surface area contributed by atoms with Crippen molar-refractivity contribution in [2.24, 2.45) is 10.7 Å². The summed E-state index contributed by atoms with van der Waals surface area (Å²) in [5.74, 6) is 0.215. The van der Waals surface area contributed by atoms with Gasteiger partial charge in [0.1, 0.15) is 5.84 Å². The van der Waals surface area contributed by atoms with E-state index in [-0.39, 0.29) is 13.2 Å². The predicted octanol–water partition coefficient (Wildman–Crippen LogP) is 1.70. The number of rotatable bonds is 9. The van der Waals surface area contributed by atoms with Crippen molar-refractivity contribution in [2.45, 2.75) is 15.5 Å². The summed E-state index contributed by atoms with van der Waals surface area (Å²) >= 11 is 1.77. The van der Waals surface area contributed by atoms with Crippen molar-refractivity contribution < 1.29 is 24.1 Å². The largest absolute Gasteiger partial charge is 0.466 e. The number of nitrogens with zero attached hydrogens (tertiary/aromatic N) is 3. The Morgan fingerprint density at radius 3 is 2.51 bits per heavy atom. The molecule has 0 spiro atoms. The molecule has 1 fully saturated rings. The Bertz CT molecular complexity index is 1040. The standard InChI is InChI=1S/C25H32N4O5S/c1-32-24(31)25(26,18-30)34-17-16-33-15-14-28-10-12-29(13-11-28)23-19-6-2-4-8-21(19)35-22-9-5-3-7-20(22)27-23/h2-9,30H,10-18,26H2,1H3. The van der Waals surface area contributed by atoms with Crippen molar-refractivity contribution in [3.8, 4) is 0 Å². The maximum Gasteiger partial charge on any atom is 0.355 e. The predicted molar refractivity (Wildman–Crippen MR) is 134 cm³/mol. The molecule has 2 aliphatic rings. The third-order valence-corrected chi connectivity index (χ3v) is 7.16. The van der Waals surface area contributed by atoms with Gasteiger partial charge in [0.05, 0.1) is 39.2 Å². The van der Waals surface area contributed by atoms with Gasteiger partial charge in [0, 0.05) is 48.1 Å². The second-order valence-corrected chi connectivity index (χ2v) is 9.41. The number of para-hydroxylation sites is 1. The van der Waals surface area contributed by atoms with Crippen LogP contribution < -0.4 is 5.73 Å². The monoisotopic (exact) mass is 500 g/mol. The number of carbonyl (C=O) groups is 1. The van der Waals surface area contributed by atoms with Crippen molar-refractivity contribution in [2.75, 3.05) is 66.3 Å². The van der Waals surface area contributed by atoms with Crippen molar-refractivity contribution in [1.29, 1.82) is 0 Å². The molecule has 35 heavy (non-hydrogen) atoms. The van der Waals surface area contributed by atoms with Gasteiger partial charge >= 0.3 is 5.97 Å². The fraction of sp³-hybridized carbons (Fsp3) is 0.440. The summed E-state index contributed by atoms with van der Waals surface area (Å²) in [6.45, 7) is 4.60. The second-order valence-electron chi connectivity index (χ2n) is 8.33. The van der Waals surface area contributed by atoms with Gasteiger partial charge in [-0.05, 0) is 18.2 Å². The van der Waals surface area contributed by atoms with Gasteiger partial charge in [-0.1, -0.05) is 42.1 Å². The number of methoxy groups -OCH3 is 1. The van der Waals surface area contributed by atoms with Crippen LogP contribution in [-0.2, 0) is 19.0 Å². The van der Waals surface area contributed by atoms with Gasteiger partial charge in [0.15, 0.2) is 0 Å². The van der Waals surface area contributed by atoms with Crippen LogP contribution >= 0.6 is 11.8 Å². The van der Waals surface area contributed by atoms with Crippen LogP contribution in [0.3, 0.4) is 0 Å². The average Bonchev–Trinajstić information content (AvgIpc) is 3.07. The number of piperazine rings is 1. The minimum atomic E-state index is -1.85. The summed E-state index contributed by atoms with van der Waals surface area (Å²) < 4.78 is 15.5. The lowest BCUT2D eigenvalue weighted by molar-refractivity contribution is -0.176. The molecule has 4 rings (SSSR count). The number of benzene rings is 2. The number of aliphatic hydroxyl groups is 1. The van der Waals surface area contributed by atoms with E-state index in [0.717, 1.165) is 44.2 Å². The van der Waals surface area contributed by atoms with Crippen molar-refractivity contribution in [1.82, 2.24) is 9.80 Å². The third-order valence-electron chi connectivity index (χ3n) is 6.02. The number of fused-ring (bicyclic) bond motifs is 2. The highest BCUT2D eigenvalue weighted by molar-refractivity contribution is 7.99. The summed E-state index contributed by atoms with van der Waals surface area (Å²) in [7, 11) is 1.19. The Labute approximate surface area is 209 Å². The summed E-state index contributed by atoms with van der Waals surface area (Å²) in [6, 6.07) is 16.8. The van der Waals surface area contributed by atoms with E-state index in [9.17, 15) is 9.90 Å². The summed E-state index contributed by atoms with van der Waals surface area (Å²) in [4.78, 5) is 23.8. The van der Waals surface area contributed by atoms with E-state index < -0.39 is 18.3 Å². The molecule has 0 saturated carbocycles. The van der Waals surface area contributed by atoms with Crippen LogP contribution in [0.2, 0.25) is 0 Å². The topological polar surface area (TPSA) is 110 Å². The molecule has 2 heterocycles. The lowest BCUT2D eigenvalue weighted by atomic mass is 10.1. The van der Waals surface area contributed by atoms with Gasteiger partial charge < -0.3 is 24.2 Å². The van der Waals surface area contributed by atoms with E-state index in [1.165, 1.54) is 22.5 Å². The molecule has 2 aromatic carbocycles. The maximum atomic E-state index is 11.6. The number of aliphatic hydroxyl groups excluding tert-OH is 1. The van der Waals surface area contributed by atoms with Crippen LogP contribution in [0.5, 0.6) is 0 Å². The van der Waals surface area contributed by atoms with Crippen LogP contribution in [0.1, 0.15) is 5.56 Å². The normalized spacial score (nSPS) is 17.6. The number of carbonyl (C=O) groups excluding carboxylic acids is 1. The van der Waals surface area contributed by atoms with E-state index in [2.05, 4.69) is 57.0 Å². The summed E-state index contributed by atoms with van der Waals surface area (Å²) in [5, 5.41) is 9.28. The van der Waals surface area contributed by atoms with Gasteiger partial charge in [-0.3, -0.25) is 10.6 Å². The highest BCUT2D eigenvalue weighted by Crippen LogP contribution is 2.40. The Hall–Kier alpha value is -2.47. The molecule has 188 valence electrons. The van der Waals surface area contributed by atoms with Gasteiger partial charge in [-0.15, -0.1) is 0 Å². The van der Waals surface area contributed by atoms with Gasteiger partial charge in [0.2, 0.25) is 5.72 Å². The number of amidine groups is 1. The SMILES string of the molecule is COC(=O)C(N)(CO)OCCOCCN1CCN(C2=Nc3ccccc3Sc3ccccc32)CC1. The van der Waals surface area contributed by atoms with Gasteiger partial charge in [-0.25, -0.2) is 9.79 Å². The summed E-state index contributed by atoms with van der Waals surface area (Å²) in [6.07, 6.45) is 0. The average molecular weight is 501 g/mol. The molecule has 10 heteroatoms. The Balaban J connectivity index is 1.26. The highest BCUT2D eigenvalue weighted by atomic mass is 32.2. The first-order valence-electron chi connectivity index (χ1n) is 11.7. The first kappa shape index (κ1) is 25.6. The van der Waals surface area contributed by atoms with Crippen LogP contribution in [0.15, 0.2) is 63.3 Å². The molecule has 0 aliphatic carbocycles. The van der Waals surface area contributed by atoms with E-state index in [1.807, 2.05) is 6.07 Å². The third kappa shape index (κ3) is 6.21. The van der Waals surface area contributed by atoms with Gasteiger partial charge in [-0.2, -0.15) is 0 Å². The molecule has 1 saturated heterocycles.